The number of carbonyl (C=O) groups is 3. The van der Waals surface area contributed by atoms with E-state index in [1.165, 1.54) is 17.0 Å². The first-order valence-corrected chi connectivity index (χ1v) is 9.03. The third-order valence-electron chi connectivity index (χ3n) is 4.27. The van der Waals surface area contributed by atoms with E-state index in [1.54, 1.807) is 42.5 Å². The minimum atomic E-state index is -1.45. The number of nitrogens with one attached hydrogen (secondary N) is 1. The Morgan fingerprint density at radius 3 is 2.48 bits per heavy atom. The van der Waals surface area contributed by atoms with E-state index in [1.807, 2.05) is 0 Å². The molecular weight excluding hydrogens is 394 g/mol. The first kappa shape index (κ1) is 20.2. The summed E-state index contributed by atoms with van der Waals surface area (Å²) in [6.45, 7) is 0. The van der Waals surface area contributed by atoms with Gasteiger partial charge in [0.05, 0.1) is 17.7 Å². The zero-order valence-corrected chi connectivity index (χ0v) is 15.8. The van der Waals surface area contributed by atoms with E-state index in [0.717, 1.165) is 6.21 Å². The van der Waals surface area contributed by atoms with E-state index in [2.05, 4.69) is 10.3 Å². The molecule has 29 heavy (non-hydrogen) atoms. The van der Waals surface area contributed by atoms with Crippen LogP contribution in [0.25, 0.3) is 0 Å². The maximum atomic E-state index is 12.8. The smallest absolute Gasteiger partial charge is 0.251 e. The molecule has 2 N–H and O–H groups in total. The molecule has 8 nitrogen and oxygen atoms in total. The third-order valence-corrected chi connectivity index (χ3v) is 4.55. The van der Waals surface area contributed by atoms with Crippen LogP contribution < -0.4 is 15.3 Å². The number of para-hydroxylation sites is 1. The Hall–Kier alpha value is -3.59. The van der Waals surface area contributed by atoms with E-state index in [4.69, 9.17) is 12.2 Å². The Bertz CT molecular complexity index is 975. The molecule has 0 bridgehead atoms. The summed E-state index contributed by atoms with van der Waals surface area (Å²) in [6, 6.07) is 13.2. The summed E-state index contributed by atoms with van der Waals surface area (Å²) < 4.78 is 0. The van der Waals surface area contributed by atoms with Crippen molar-refractivity contribution in [1.82, 2.24) is 5.32 Å². The number of carboxylic acid groups (broad SMARTS) is 1. The molecular formula is C20H16N3O5S-. The molecule has 2 amide bonds. The van der Waals surface area contributed by atoms with Crippen molar-refractivity contribution in [2.75, 3.05) is 4.90 Å². The average molecular weight is 410 g/mol. The van der Waals surface area contributed by atoms with Gasteiger partial charge < -0.3 is 20.3 Å². The zero-order valence-electron chi connectivity index (χ0n) is 15.0. The maximum absolute atomic E-state index is 12.8. The van der Waals surface area contributed by atoms with Gasteiger partial charge in [-0.15, -0.1) is 0 Å². The van der Waals surface area contributed by atoms with E-state index < -0.39 is 29.7 Å². The van der Waals surface area contributed by atoms with Gasteiger partial charge in [0.2, 0.25) is 5.91 Å². The number of aromatic hydroxyl groups is 1. The van der Waals surface area contributed by atoms with Crippen LogP contribution >= 0.6 is 12.2 Å². The summed E-state index contributed by atoms with van der Waals surface area (Å²) in [4.78, 5) is 41.6. The Labute approximate surface area is 171 Å². The van der Waals surface area contributed by atoms with Gasteiger partial charge in [-0.1, -0.05) is 30.3 Å². The molecule has 0 unspecified atom stereocenters. The number of carbonyl (C=O) groups excluding carboxylic acids is 3. The van der Waals surface area contributed by atoms with Crippen molar-refractivity contribution in [2.45, 2.75) is 12.5 Å². The lowest BCUT2D eigenvalue weighted by atomic mass is 10.0. The number of rotatable bonds is 6. The first-order chi connectivity index (χ1) is 13.9. The number of benzene rings is 2. The summed E-state index contributed by atoms with van der Waals surface area (Å²) in [5.41, 5.74) is 1.07. The number of phenols is 1. The van der Waals surface area contributed by atoms with Crippen LogP contribution in [0.2, 0.25) is 0 Å². The Balaban J connectivity index is 1.81. The molecule has 1 heterocycles. The highest BCUT2D eigenvalue weighted by molar-refractivity contribution is 7.80. The fourth-order valence-electron chi connectivity index (χ4n) is 2.79. The van der Waals surface area contributed by atoms with Gasteiger partial charge in [0.25, 0.3) is 5.91 Å². The van der Waals surface area contributed by atoms with Crippen molar-refractivity contribution in [3.05, 3.63) is 60.2 Å². The molecule has 1 aliphatic heterocycles. The molecule has 0 radical (unpaired) electrons. The number of thiocarbonyl (C=S) groups is 1. The number of hydrogen-bond donors (Lipinski definition) is 2. The highest BCUT2D eigenvalue weighted by atomic mass is 32.1. The van der Waals surface area contributed by atoms with E-state index in [-0.39, 0.29) is 17.3 Å². The Kier molecular flexibility index (Phi) is 5.99. The van der Waals surface area contributed by atoms with Crippen molar-refractivity contribution < 1.29 is 24.6 Å². The molecule has 2 aromatic rings. The average Bonchev–Trinajstić information content (AvgIpc) is 2.68. The summed E-state index contributed by atoms with van der Waals surface area (Å²) in [7, 11) is 0. The normalized spacial score (nSPS) is 18.0. The summed E-state index contributed by atoms with van der Waals surface area (Å²) in [5, 5.41) is 23.1. The Morgan fingerprint density at radius 1 is 1.21 bits per heavy atom. The van der Waals surface area contributed by atoms with Crippen LogP contribution in [-0.4, -0.2) is 40.3 Å². The van der Waals surface area contributed by atoms with Crippen molar-refractivity contribution in [3.8, 4) is 5.75 Å². The minimum absolute atomic E-state index is 0.0253. The molecule has 0 aliphatic carbocycles. The second-order valence-electron chi connectivity index (χ2n) is 6.28. The highest BCUT2D eigenvalue weighted by Crippen LogP contribution is 2.20. The number of aliphatic imine (C=N–C) groups is 1. The number of nitrogens with zero attached hydrogens (tertiary/aromatic N) is 2. The van der Waals surface area contributed by atoms with Gasteiger partial charge in [0.15, 0.2) is 11.0 Å². The van der Waals surface area contributed by atoms with Gasteiger partial charge in [-0.25, -0.2) is 0 Å². The lowest BCUT2D eigenvalue weighted by Crippen LogP contribution is -2.58. The van der Waals surface area contributed by atoms with Gasteiger partial charge in [-0.3, -0.25) is 19.5 Å². The summed E-state index contributed by atoms with van der Waals surface area (Å²) >= 11 is 5.09. The predicted octanol–water partition coefficient (Wildman–Crippen LogP) is 0.188. The lowest BCUT2D eigenvalue weighted by Gasteiger charge is -2.31. The van der Waals surface area contributed by atoms with E-state index >= 15 is 0 Å². The second-order valence-corrected chi connectivity index (χ2v) is 6.67. The molecule has 3 rings (SSSR count). The largest absolute Gasteiger partial charge is 0.548 e. The molecule has 2 aromatic carbocycles. The number of carboxylic acids is 1. The van der Waals surface area contributed by atoms with Crippen LogP contribution in [0.5, 0.6) is 5.75 Å². The molecule has 0 spiro atoms. The van der Waals surface area contributed by atoms with Crippen LogP contribution in [0, 0.1) is 5.92 Å². The van der Waals surface area contributed by atoms with Crippen molar-refractivity contribution in [1.29, 1.82) is 0 Å². The van der Waals surface area contributed by atoms with E-state index in [9.17, 15) is 24.6 Å². The topological polar surface area (TPSA) is 122 Å². The second kappa shape index (κ2) is 8.61. The fourth-order valence-corrected chi connectivity index (χ4v) is 3.08. The fraction of sp³-hybridized carbons (Fsp3) is 0.150. The maximum Gasteiger partial charge on any atom is 0.251 e. The van der Waals surface area contributed by atoms with Gasteiger partial charge in [0.1, 0.15) is 5.75 Å². The molecule has 0 saturated carbocycles. The number of hydrogen-bond acceptors (Lipinski definition) is 7. The number of anilines is 1. The molecule has 148 valence electrons. The van der Waals surface area contributed by atoms with Gasteiger partial charge >= 0.3 is 0 Å². The van der Waals surface area contributed by atoms with Crippen molar-refractivity contribution >= 4 is 47.0 Å². The van der Waals surface area contributed by atoms with Crippen LogP contribution in [0.1, 0.15) is 5.56 Å². The monoisotopic (exact) mass is 410 g/mol. The highest BCUT2D eigenvalue weighted by Gasteiger charge is 2.38. The molecule has 1 saturated heterocycles. The molecule has 0 aromatic heterocycles. The van der Waals surface area contributed by atoms with Gasteiger partial charge in [-0.2, -0.15) is 0 Å². The minimum Gasteiger partial charge on any atom is -0.548 e. The molecule has 2 atom stereocenters. The summed E-state index contributed by atoms with van der Waals surface area (Å²) in [5.74, 6) is -4.05. The molecule has 1 aliphatic rings. The number of aliphatic carboxylic acids is 1. The quantitative estimate of drug-likeness (QED) is 0.398. The van der Waals surface area contributed by atoms with Crippen LogP contribution in [-0.2, 0) is 20.8 Å². The van der Waals surface area contributed by atoms with E-state index in [0.29, 0.717) is 11.3 Å². The predicted molar refractivity (Wildman–Crippen MR) is 107 cm³/mol. The standard InChI is InChI=1S/C20H17N3O5S/c24-14-8-6-12(7-9-14)10-16(19(27)28)21-11-15-17(25)22-20(29)23(18(15)26)13-4-2-1-3-5-13/h1-9,11,15-16,24H,10H2,(H,27,28)(H,22,25,29)/p-1/t15-,16-/m0/s1. The van der Waals surface area contributed by atoms with Gasteiger partial charge in [0, 0.05) is 12.6 Å². The lowest BCUT2D eigenvalue weighted by molar-refractivity contribution is -0.307. The van der Waals surface area contributed by atoms with Gasteiger partial charge in [-0.05, 0) is 42.0 Å². The summed E-state index contributed by atoms with van der Waals surface area (Å²) in [6.07, 6.45) is 0.985. The van der Waals surface area contributed by atoms with Crippen LogP contribution in [0.4, 0.5) is 5.69 Å². The number of amides is 2. The third kappa shape index (κ3) is 4.64. The van der Waals surface area contributed by atoms with Crippen molar-refractivity contribution in [2.24, 2.45) is 10.9 Å². The zero-order chi connectivity index (χ0) is 21.0. The SMILES string of the molecule is O=C1NC(=S)N(c2ccccc2)C(=O)[C@H]1C=N[C@@H](Cc1ccc(O)cc1)C(=O)[O-]. The molecule has 1 fully saturated rings. The first-order valence-electron chi connectivity index (χ1n) is 8.62. The van der Waals surface area contributed by atoms with Crippen molar-refractivity contribution in [3.63, 3.8) is 0 Å². The number of phenolic OH excluding ortho intramolecular Hbond substituents is 1. The van der Waals surface area contributed by atoms with Crippen LogP contribution in [0.3, 0.4) is 0 Å². The Morgan fingerprint density at radius 2 is 1.86 bits per heavy atom. The van der Waals surface area contributed by atoms with Crippen LogP contribution in [0.15, 0.2) is 59.6 Å². The molecule has 9 heteroatoms.